The molecule has 2 nitrogen and oxygen atoms in total. The zero-order valence-electron chi connectivity index (χ0n) is 10.4. The number of aromatic amines is 1. The molecule has 0 bridgehead atoms. The van der Waals surface area contributed by atoms with Crippen molar-refractivity contribution in [3.63, 3.8) is 0 Å². The highest BCUT2D eigenvalue weighted by atomic mass is 32.1. The van der Waals surface area contributed by atoms with Gasteiger partial charge in [0.15, 0.2) is 4.77 Å². The number of hydrogen-bond donors (Lipinski definition) is 1. The summed E-state index contributed by atoms with van der Waals surface area (Å²) in [5.41, 5.74) is 1.67. The molecule has 0 aliphatic heterocycles. The zero-order chi connectivity index (χ0) is 11.6. The van der Waals surface area contributed by atoms with E-state index in [9.17, 15) is 0 Å². The molecule has 1 heterocycles. The first-order valence-electron chi connectivity index (χ1n) is 5.59. The second kappa shape index (κ2) is 4.52. The summed E-state index contributed by atoms with van der Waals surface area (Å²) >= 11 is 5.29. The molecule has 0 saturated carbocycles. The minimum Gasteiger partial charge on any atom is -0.337 e. The Labute approximate surface area is 97.7 Å². The Bertz CT molecular complexity index is 366. The Morgan fingerprint density at radius 3 is 2.47 bits per heavy atom. The van der Waals surface area contributed by atoms with Crippen LogP contribution in [0.25, 0.3) is 0 Å². The maximum atomic E-state index is 5.29. The van der Waals surface area contributed by atoms with Gasteiger partial charge in [0.05, 0.1) is 0 Å². The number of aromatic nitrogens is 2. The molecule has 0 fully saturated rings. The standard InChI is InChI=1S/C12H22N2S/c1-9(2)10-8-13-11(15)14(10)7-6-12(3,4)5/h8-9H,6-7H2,1-5H3,(H,13,15). The molecule has 0 atom stereocenters. The molecule has 0 saturated heterocycles. The van der Waals surface area contributed by atoms with Gasteiger partial charge in [-0.05, 0) is 30.0 Å². The van der Waals surface area contributed by atoms with E-state index in [0.29, 0.717) is 11.3 Å². The van der Waals surface area contributed by atoms with Crippen LogP contribution >= 0.6 is 12.2 Å². The summed E-state index contributed by atoms with van der Waals surface area (Å²) < 4.78 is 3.08. The van der Waals surface area contributed by atoms with Crippen LogP contribution in [0.1, 0.15) is 52.7 Å². The van der Waals surface area contributed by atoms with Crippen molar-refractivity contribution in [2.45, 2.75) is 53.5 Å². The van der Waals surface area contributed by atoms with Crippen LogP contribution in [-0.2, 0) is 6.54 Å². The van der Waals surface area contributed by atoms with Crippen molar-refractivity contribution in [1.29, 1.82) is 0 Å². The molecule has 86 valence electrons. The highest BCUT2D eigenvalue weighted by Crippen LogP contribution is 2.22. The molecule has 15 heavy (non-hydrogen) atoms. The molecule has 0 aliphatic carbocycles. The summed E-state index contributed by atoms with van der Waals surface area (Å²) in [4.78, 5) is 3.13. The van der Waals surface area contributed by atoms with Gasteiger partial charge >= 0.3 is 0 Å². The predicted octanol–water partition coefficient (Wildman–Crippen LogP) is 4.11. The van der Waals surface area contributed by atoms with Crippen molar-refractivity contribution in [3.8, 4) is 0 Å². The van der Waals surface area contributed by atoms with E-state index in [0.717, 1.165) is 17.7 Å². The monoisotopic (exact) mass is 226 g/mol. The third kappa shape index (κ3) is 3.49. The van der Waals surface area contributed by atoms with Crippen molar-refractivity contribution in [3.05, 3.63) is 16.7 Å². The smallest absolute Gasteiger partial charge is 0.177 e. The Morgan fingerprint density at radius 1 is 1.40 bits per heavy atom. The molecule has 1 aromatic rings. The Morgan fingerprint density at radius 2 is 2.00 bits per heavy atom. The second-order valence-electron chi connectivity index (χ2n) is 5.64. The molecule has 0 aliphatic rings. The van der Waals surface area contributed by atoms with Gasteiger partial charge in [-0.2, -0.15) is 0 Å². The molecule has 0 aromatic carbocycles. The van der Waals surface area contributed by atoms with Crippen LogP contribution in [0.4, 0.5) is 0 Å². The lowest BCUT2D eigenvalue weighted by Gasteiger charge is -2.19. The summed E-state index contributed by atoms with van der Waals surface area (Å²) in [6.45, 7) is 12.2. The van der Waals surface area contributed by atoms with Gasteiger partial charge in [-0.15, -0.1) is 0 Å². The van der Waals surface area contributed by atoms with Gasteiger partial charge in [-0.25, -0.2) is 0 Å². The summed E-state index contributed by atoms with van der Waals surface area (Å²) in [5.74, 6) is 0.526. The van der Waals surface area contributed by atoms with Crippen LogP contribution in [0.15, 0.2) is 6.20 Å². The van der Waals surface area contributed by atoms with E-state index >= 15 is 0 Å². The van der Waals surface area contributed by atoms with E-state index < -0.39 is 0 Å². The Balaban J connectivity index is 2.84. The number of nitrogens with one attached hydrogen (secondary N) is 1. The first-order valence-corrected chi connectivity index (χ1v) is 6.00. The summed E-state index contributed by atoms with van der Waals surface area (Å²) in [6.07, 6.45) is 3.19. The molecule has 0 radical (unpaired) electrons. The lowest BCUT2D eigenvalue weighted by atomic mass is 9.92. The van der Waals surface area contributed by atoms with Crippen molar-refractivity contribution in [2.75, 3.05) is 0 Å². The van der Waals surface area contributed by atoms with Crippen LogP contribution in [0.3, 0.4) is 0 Å². The van der Waals surface area contributed by atoms with Crippen LogP contribution in [0.2, 0.25) is 0 Å². The quantitative estimate of drug-likeness (QED) is 0.769. The van der Waals surface area contributed by atoms with Crippen LogP contribution in [0.5, 0.6) is 0 Å². The molecule has 3 heteroatoms. The summed E-state index contributed by atoms with van der Waals surface area (Å²) in [6, 6.07) is 0. The van der Waals surface area contributed by atoms with Crippen LogP contribution < -0.4 is 0 Å². The molecule has 1 N–H and O–H groups in total. The minimum atomic E-state index is 0.361. The zero-order valence-corrected chi connectivity index (χ0v) is 11.2. The van der Waals surface area contributed by atoms with Gasteiger partial charge in [0.1, 0.15) is 0 Å². The molecular weight excluding hydrogens is 204 g/mol. The largest absolute Gasteiger partial charge is 0.337 e. The van der Waals surface area contributed by atoms with Crippen molar-refractivity contribution >= 4 is 12.2 Å². The normalized spacial score (nSPS) is 12.4. The fourth-order valence-corrected chi connectivity index (χ4v) is 1.82. The van der Waals surface area contributed by atoms with Crippen molar-refractivity contribution in [1.82, 2.24) is 9.55 Å². The van der Waals surface area contributed by atoms with Crippen molar-refractivity contribution < 1.29 is 0 Å². The lowest BCUT2D eigenvalue weighted by Crippen LogP contribution is -2.12. The number of nitrogens with zero attached hydrogens (tertiary/aromatic N) is 1. The van der Waals surface area contributed by atoms with Gasteiger partial charge in [0.2, 0.25) is 0 Å². The molecular formula is C12H22N2S. The highest BCUT2D eigenvalue weighted by molar-refractivity contribution is 7.71. The van der Waals surface area contributed by atoms with Crippen LogP contribution in [-0.4, -0.2) is 9.55 Å². The van der Waals surface area contributed by atoms with E-state index in [2.05, 4.69) is 44.2 Å². The fourth-order valence-electron chi connectivity index (χ4n) is 1.56. The average molecular weight is 226 g/mol. The molecule has 0 spiro atoms. The predicted molar refractivity (Wildman–Crippen MR) is 67.8 cm³/mol. The number of hydrogen-bond acceptors (Lipinski definition) is 1. The third-order valence-electron chi connectivity index (χ3n) is 2.58. The average Bonchev–Trinajstić information content (AvgIpc) is 2.42. The van der Waals surface area contributed by atoms with Gasteiger partial charge in [0.25, 0.3) is 0 Å². The lowest BCUT2D eigenvalue weighted by molar-refractivity contribution is 0.346. The Kier molecular flexibility index (Phi) is 3.77. The van der Waals surface area contributed by atoms with Crippen LogP contribution in [0, 0.1) is 10.2 Å². The van der Waals surface area contributed by atoms with E-state index in [1.165, 1.54) is 5.69 Å². The summed E-state index contributed by atoms with van der Waals surface area (Å²) in [5, 5.41) is 0. The van der Waals surface area contributed by atoms with E-state index in [4.69, 9.17) is 12.2 Å². The Hall–Kier alpha value is -0.570. The van der Waals surface area contributed by atoms with Gasteiger partial charge in [0, 0.05) is 18.4 Å². The number of H-pyrrole nitrogens is 1. The maximum absolute atomic E-state index is 5.29. The SMILES string of the molecule is CC(C)c1c[nH]c(=S)n1CCC(C)(C)C. The maximum Gasteiger partial charge on any atom is 0.177 e. The van der Waals surface area contributed by atoms with Crippen molar-refractivity contribution in [2.24, 2.45) is 5.41 Å². The highest BCUT2D eigenvalue weighted by Gasteiger charge is 2.13. The van der Waals surface area contributed by atoms with E-state index in [1.54, 1.807) is 0 Å². The minimum absolute atomic E-state index is 0.361. The van der Waals surface area contributed by atoms with E-state index in [1.807, 2.05) is 6.20 Å². The second-order valence-corrected chi connectivity index (χ2v) is 6.02. The summed E-state index contributed by atoms with van der Waals surface area (Å²) in [7, 11) is 0. The molecule has 0 amide bonds. The van der Waals surface area contributed by atoms with Gasteiger partial charge < -0.3 is 9.55 Å². The van der Waals surface area contributed by atoms with Gasteiger partial charge in [-0.1, -0.05) is 34.6 Å². The number of rotatable bonds is 3. The fraction of sp³-hybridized carbons (Fsp3) is 0.750. The number of imidazole rings is 1. The third-order valence-corrected chi connectivity index (χ3v) is 2.92. The molecule has 0 unspecified atom stereocenters. The first kappa shape index (κ1) is 12.5. The first-order chi connectivity index (χ1) is 6.81. The van der Waals surface area contributed by atoms with Gasteiger partial charge in [-0.3, -0.25) is 0 Å². The topological polar surface area (TPSA) is 20.7 Å². The van der Waals surface area contributed by atoms with E-state index in [-0.39, 0.29) is 0 Å². The molecule has 1 aromatic heterocycles. The molecule has 1 rings (SSSR count).